The number of carbonyl (C=O) groups is 1. The minimum absolute atomic E-state index is 0.0882. The van der Waals surface area contributed by atoms with Gasteiger partial charge in [-0.2, -0.15) is 0 Å². The second-order valence-corrected chi connectivity index (χ2v) is 8.49. The van der Waals surface area contributed by atoms with Gasteiger partial charge in [-0.1, -0.05) is 40.2 Å². The summed E-state index contributed by atoms with van der Waals surface area (Å²) in [6, 6.07) is 15.4. The van der Waals surface area contributed by atoms with Crippen molar-refractivity contribution < 1.29 is 4.79 Å². The topological polar surface area (TPSA) is 67.2 Å². The Morgan fingerprint density at radius 2 is 1.90 bits per heavy atom. The fraction of sp³-hybridized carbons (Fsp3) is 0.261. The summed E-state index contributed by atoms with van der Waals surface area (Å²) in [6.07, 6.45) is 0.879. The van der Waals surface area contributed by atoms with Crippen LogP contribution in [-0.4, -0.2) is 22.0 Å². The first kappa shape index (κ1) is 20.3. The van der Waals surface area contributed by atoms with Crippen molar-refractivity contribution in [2.45, 2.75) is 33.4 Å². The summed E-state index contributed by atoms with van der Waals surface area (Å²) in [6.45, 7) is 5.06. The summed E-state index contributed by atoms with van der Waals surface area (Å²) < 4.78 is 2.41. The maximum absolute atomic E-state index is 12.8. The zero-order valence-corrected chi connectivity index (χ0v) is 18.6. The van der Waals surface area contributed by atoms with Crippen LogP contribution >= 0.6 is 15.9 Å². The molecule has 0 saturated carbocycles. The molecule has 0 saturated heterocycles. The molecule has 30 heavy (non-hydrogen) atoms. The molecule has 2 aromatic carbocycles. The van der Waals surface area contributed by atoms with Crippen LogP contribution < -0.4 is 15.8 Å². The molecule has 154 valence electrons. The number of benzene rings is 2. The fourth-order valence-corrected chi connectivity index (χ4v) is 4.24. The van der Waals surface area contributed by atoms with Gasteiger partial charge in [0.05, 0.1) is 0 Å². The highest BCUT2D eigenvalue weighted by Gasteiger charge is 2.22. The van der Waals surface area contributed by atoms with Gasteiger partial charge in [-0.15, -0.1) is 0 Å². The summed E-state index contributed by atoms with van der Waals surface area (Å²) in [5.41, 5.74) is 4.64. The quantitative estimate of drug-likeness (QED) is 0.634. The highest BCUT2D eigenvalue weighted by atomic mass is 79.9. The van der Waals surface area contributed by atoms with E-state index >= 15 is 0 Å². The van der Waals surface area contributed by atoms with Gasteiger partial charge in [-0.05, 0) is 55.2 Å². The van der Waals surface area contributed by atoms with Gasteiger partial charge in [0, 0.05) is 35.0 Å². The average molecular weight is 467 g/mol. The number of nitrogens with one attached hydrogen (secondary N) is 1. The Kier molecular flexibility index (Phi) is 5.72. The van der Waals surface area contributed by atoms with Crippen LogP contribution in [0.25, 0.3) is 0 Å². The SMILES string of the molecule is Cc1cc(=O)n(CC(=O)Nc2ccc(Br)cc2C)c(N2CCc3ccccc3C2)n1. The van der Waals surface area contributed by atoms with Gasteiger partial charge in [-0.3, -0.25) is 14.2 Å². The van der Waals surface area contributed by atoms with Crippen LogP contribution in [0.4, 0.5) is 11.6 Å². The molecule has 1 N–H and O–H groups in total. The molecule has 0 aliphatic carbocycles. The van der Waals surface area contributed by atoms with E-state index in [-0.39, 0.29) is 18.0 Å². The van der Waals surface area contributed by atoms with E-state index in [0.717, 1.165) is 28.7 Å². The number of hydrogen-bond donors (Lipinski definition) is 1. The number of hydrogen-bond acceptors (Lipinski definition) is 4. The van der Waals surface area contributed by atoms with Crippen LogP contribution in [0.2, 0.25) is 0 Å². The third kappa shape index (κ3) is 4.31. The normalized spacial score (nSPS) is 13.1. The van der Waals surface area contributed by atoms with Crippen LogP contribution in [0.1, 0.15) is 22.4 Å². The van der Waals surface area contributed by atoms with Crippen LogP contribution in [0.15, 0.2) is 57.8 Å². The molecule has 1 aliphatic rings. The number of fused-ring (bicyclic) bond motifs is 1. The number of carbonyl (C=O) groups excluding carboxylic acids is 1. The Labute approximate surface area is 183 Å². The van der Waals surface area contributed by atoms with Crippen molar-refractivity contribution in [3.05, 3.63) is 85.7 Å². The molecule has 1 aromatic heterocycles. The lowest BCUT2D eigenvalue weighted by molar-refractivity contribution is -0.116. The van der Waals surface area contributed by atoms with Crippen LogP contribution in [-0.2, 0) is 24.3 Å². The summed E-state index contributed by atoms with van der Waals surface area (Å²) in [5, 5.41) is 2.91. The van der Waals surface area contributed by atoms with E-state index < -0.39 is 0 Å². The highest BCUT2D eigenvalue weighted by molar-refractivity contribution is 9.10. The number of aromatic nitrogens is 2. The predicted molar refractivity (Wildman–Crippen MR) is 122 cm³/mol. The Morgan fingerprint density at radius 3 is 2.67 bits per heavy atom. The van der Waals surface area contributed by atoms with Gasteiger partial charge in [0.15, 0.2) is 0 Å². The van der Waals surface area contributed by atoms with Gasteiger partial charge in [0.1, 0.15) is 6.54 Å². The summed E-state index contributed by atoms with van der Waals surface area (Å²) >= 11 is 3.43. The van der Waals surface area contributed by atoms with Crippen molar-refractivity contribution >= 4 is 33.5 Å². The number of anilines is 2. The summed E-state index contributed by atoms with van der Waals surface area (Å²) in [7, 11) is 0. The van der Waals surface area contributed by atoms with Crippen molar-refractivity contribution in [2.75, 3.05) is 16.8 Å². The van der Waals surface area contributed by atoms with E-state index in [0.29, 0.717) is 18.2 Å². The van der Waals surface area contributed by atoms with Crippen molar-refractivity contribution in [1.82, 2.24) is 9.55 Å². The number of aryl methyl sites for hydroxylation is 2. The van der Waals surface area contributed by atoms with Gasteiger partial charge >= 0.3 is 0 Å². The van der Waals surface area contributed by atoms with Gasteiger partial charge in [0.25, 0.3) is 5.56 Å². The first-order valence-electron chi connectivity index (χ1n) is 9.87. The van der Waals surface area contributed by atoms with Crippen molar-refractivity contribution in [1.29, 1.82) is 0 Å². The molecule has 0 radical (unpaired) electrons. The highest BCUT2D eigenvalue weighted by Crippen LogP contribution is 2.23. The van der Waals surface area contributed by atoms with Crippen molar-refractivity contribution in [2.24, 2.45) is 0 Å². The van der Waals surface area contributed by atoms with Gasteiger partial charge in [0.2, 0.25) is 11.9 Å². The van der Waals surface area contributed by atoms with Crippen LogP contribution in [0.3, 0.4) is 0 Å². The minimum Gasteiger partial charge on any atom is -0.337 e. The molecule has 2 heterocycles. The molecule has 0 fully saturated rings. The molecule has 7 heteroatoms. The molecule has 4 rings (SSSR count). The van der Waals surface area contributed by atoms with Gasteiger partial charge < -0.3 is 10.2 Å². The third-order valence-electron chi connectivity index (χ3n) is 5.29. The monoisotopic (exact) mass is 466 g/mol. The van der Waals surface area contributed by atoms with Gasteiger partial charge in [-0.25, -0.2) is 4.98 Å². The molecule has 1 amide bonds. The molecule has 0 spiro atoms. The molecular formula is C23H23BrN4O2. The average Bonchev–Trinajstić information content (AvgIpc) is 2.71. The van der Waals surface area contributed by atoms with Crippen LogP contribution in [0.5, 0.6) is 0 Å². The fourth-order valence-electron chi connectivity index (χ4n) is 3.76. The Bertz CT molecular complexity index is 1170. The number of amides is 1. The van der Waals surface area contributed by atoms with E-state index in [1.165, 1.54) is 21.8 Å². The largest absolute Gasteiger partial charge is 0.337 e. The van der Waals surface area contributed by atoms with Crippen molar-refractivity contribution in [3.8, 4) is 0 Å². The van der Waals surface area contributed by atoms with E-state index in [1.54, 1.807) is 6.92 Å². The van der Waals surface area contributed by atoms with E-state index in [9.17, 15) is 9.59 Å². The van der Waals surface area contributed by atoms with Crippen molar-refractivity contribution in [3.63, 3.8) is 0 Å². The molecular weight excluding hydrogens is 444 g/mol. The van der Waals surface area contributed by atoms with Crippen LogP contribution in [0, 0.1) is 13.8 Å². The molecule has 0 bridgehead atoms. The smallest absolute Gasteiger partial charge is 0.255 e. The third-order valence-corrected chi connectivity index (χ3v) is 5.79. The lowest BCUT2D eigenvalue weighted by Gasteiger charge is -2.31. The second kappa shape index (κ2) is 8.44. The Hall–Kier alpha value is -2.93. The first-order valence-corrected chi connectivity index (χ1v) is 10.7. The molecule has 6 nitrogen and oxygen atoms in total. The maximum Gasteiger partial charge on any atom is 0.255 e. The lowest BCUT2D eigenvalue weighted by atomic mass is 10.0. The minimum atomic E-state index is -0.258. The standard InChI is InChI=1S/C23H23BrN4O2/c1-15-11-19(24)7-8-20(15)26-21(29)14-28-22(30)12-16(2)25-23(28)27-10-9-17-5-3-4-6-18(17)13-27/h3-8,11-12H,9-10,13-14H2,1-2H3,(H,26,29). The second-order valence-electron chi connectivity index (χ2n) is 7.57. The molecule has 0 atom stereocenters. The zero-order chi connectivity index (χ0) is 21.3. The first-order chi connectivity index (χ1) is 14.4. The summed E-state index contributed by atoms with van der Waals surface area (Å²) in [4.78, 5) is 32.2. The van der Waals surface area contributed by atoms with E-state index in [4.69, 9.17) is 0 Å². The summed E-state index contributed by atoms with van der Waals surface area (Å²) in [5.74, 6) is 0.281. The van der Waals surface area contributed by atoms with E-state index in [2.05, 4.69) is 43.3 Å². The predicted octanol–water partition coefficient (Wildman–Crippen LogP) is 3.82. The zero-order valence-electron chi connectivity index (χ0n) is 17.0. The van der Waals surface area contributed by atoms with E-state index in [1.807, 2.05) is 37.3 Å². The maximum atomic E-state index is 12.8. The molecule has 3 aromatic rings. The molecule has 0 unspecified atom stereocenters. The number of nitrogens with zero attached hydrogens (tertiary/aromatic N) is 3. The Morgan fingerprint density at radius 1 is 1.13 bits per heavy atom. The number of rotatable bonds is 4. The number of halogens is 1. The Balaban J connectivity index is 1.61. The molecule has 1 aliphatic heterocycles. The lowest BCUT2D eigenvalue weighted by Crippen LogP contribution is -2.38.